The number of aromatic nitrogens is 2. The Morgan fingerprint density at radius 2 is 1.75 bits per heavy atom. The van der Waals surface area contributed by atoms with E-state index in [-0.39, 0.29) is 19.2 Å². The van der Waals surface area contributed by atoms with Crippen LogP contribution in [0, 0.1) is 6.92 Å². The van der Waals surface area contributed by atoms with E-state index in [0.29, 0.717) is 23.9 Å². The number of carbonyl (C=O) groups is 1. The highest BCUT2D eigenvalue weighted by Gasteiger charge is 2.24. The van der Waals surface area contributed by atoms with Crippen LogP contribution in [-0.4, -0.2) is 43.0 Å². The van der Waals surface area contributed by atoms with Gasteiger partial charge < -0.3 is 18.8 Å². The van der Waals surface area contributed by atoms with E-state index in [0.717, 1.165) is 39.8 Å². The molecule has 0 aliphatic heterocycles. The van der Waals surface area contributed by atoms with Crippen molar-refractivity contribution in [2.75, 3.05) is 32.5 Å². The van der Waals surface area contributed by atoms with Crippen LogP contribution < -0.4 is 14.4 Å². The van der Waals surface area contributed by atoms with Crippen LogP contribution in [0.4, 0.5) is 5.69 Å². The molecule has 7 heteroatoms. The number of ether oxygens (including phenoxy) is 3. The summed E-state index contributed by atoms with van der Waals surface area (Å²) in [7, 11) is 3.21. The smallest absolute Gasteiger partial charge is 0.248 e. The standard InChI is InChI=1S/C29H33N3O4/c1-6-21-12-10-11-20(3)28(21)32(19-36-7-2)27(33)18-31-24-14-9-8-13-23(24)30-29(31)22-15-16-25(34-4)26(17-22)35-5/h8-17H,6-7,18-19H2,1-5H3. The Labute approximate surface area is 212 Å². The van der Waals surface area contributed by atoms with Gasteiger partial charge in [-0.15, -0.1) is 0 Å². The molecule has 3 aromatic carbocycles. The number of rotatable bonds is 10. The molecule has 0 fully saturated rings. The number of hydrogen-bond donors (Lipinski definition) is 0. The number of para-hydroxylation sites is 3. The maximum absolute atomic E-state index is 13.9. The molecular formula is C29H33N3O4. The van der Waals surface area contributed by atoms with Gasteiger partial charge in [0.15, 0.2) is 11.5 Å². The van der Waals surface area contributed by atoms with Crippen LogP contribution in [0.1, 0.15) is 25.0 Å². The fraction of sp³-hybridized carbons (Fsp3) is 0.310. The van der Waals surface area contributed by atoms with Crippen LogP contribution >= 0.6 is 0 Å². The lowest BCUT2D eigenvalue weighted by atomic mass is 10.0. The summed E-state index contributed by atoms with van der Waals surface area (Å²) in [4.78, 5) is 20.6. The van der Waals surface area contributed by atoms with Gasteiger partial charge in [0.05, 0.1) is 30.9 Å². The second-order valence-electron chi connectivity index (χ2n) is 8.46. The summed E-state index contributed by atoms with van der Waals surface area (Å²) in [6.07, 6.45) is 0.817. The molecule has 7 nitrogen and oxygen atoms in total. The monoisotopic (exact) mass is 487 g/mol. The van der Waals surface area contributed by atoms with Gasteiger partial charge in [-0.1, -0.05) is 37.3 Å². The average Bonchev–Trinajstić information content (AvgIpc) is 3.27. The molecule has 0 spiro atoms. The van der Waals surface area contributed by atoms with E-state index in [4.69, 9.17) is 19.2 Å². The number of anilines is 1. The quantitative estimate of drug-likeness (QED) is 0.272. The first-order chi connectivity index (χ1) is 17.5. The number of fused-ring (bicyclic) bond motifs is 1. The van der Waals surface area contributed by atoms with Gasteiger partial charge in [0.25, 0.3) is 0 Å². The Kier molecular flexibility index (Phi) is 7.90. The van der Waals surface area contributed by atoms with Gasteiger partial charge in [-0.2, -0.15) is 0 Å². The minimum atomic E-state index is -0.0719. The molecule has 0 unspecified atom stereocenters. The van der Waals surface area contributed by atoms with Gasteiger partial charge in [0.1, 0.15) is 19.1 Å². The molecule has 1 amide bonds. The van der Waals surface area contributed by atoms with Crippen molar-refractivity contribution in [3.8, 4) is 22.9 Å². The van der Waals surface area contributed by atoms with Crippen LogP contribution in [0.25, 0.3) is 22.4 Å². The first-order valence-electron chi connectivity index (χ1n) is 12.2. The summed E-state index contributed by atoms with van der Waals surface area (Å²) in [5.41, 5.74) is 5.59. The maximum Gasteiger partial charge on any atom is 0.248 e. The molecule has 0 saturated carbocycles. The van der Waals surface area contributed by atoms with Crippen LogP contribution in [0.15, 0.2) is 60.7 Å². The zero-order valence-corrected chi connectivity index (χ0v) is 21.6. The van der Waals surface area contributed by atoms with Gasteiger partial charge in [0, 0.05) is 12.2 Å². The molecule has 4 rings (SSSR count). The van der Waals surface area contributed by atoms with Gasteiger partial charge >= 0.3 is 0 Å². The highest BCUT2D eigenvalue weighted by molar-refractivity contribution is 5.96. The van der Waals surface area contributed by atoms with Crippen LogP contribution in [0.3, 0.4) is 0 Å². The minimum absolute atomic E-state index is 0.0719. The number of carbonyl (C=O) groups excluding carboxylic acids is 1. The predicted molar refractivity (Wildman–Crippen MR) is 143 cm³/mol. The third-order valence-corrected chi connectivity index (χ3v) is 6.29. The summed E-state index contributed by atoms with van der Waals surface area (Å²) in [6, 6.07) is 19.6. The summed E-state index contributed by atoms with van der Waals surface area (Å²) in [5, 5.41) is 0. The van der Waals surface area contributed by atoms with Crippen molar-refractivity contribution in [2.24, 2.45) is 0 Å². The normalized spacial score (nSPS) is 11.0. The van der Waals surface area contributed by atoms with Crippen LogP contribution in [0.5, 0.6) is 11.5 Å². The molecule has 0 radical (unpaired) electrons. The number of imidazole rings is 1. The van der Waals surface area contributed by atoms with E-state index in [1.807, 2.05) is 73.0 Å². The van der Waals surface area contributed by atoms with E-state index in [1.165, 1.54) is 0 Å². The minimum Gasteiger partial charge on any atom is -0.493 e. The zero-order chi connectivity index (χ0) is 25.7. The molecule has 36 heavy (non-hydrogen) atoms. The summed E-state index contributed by atoms with van der Waals surface area (Å²) < 4.78 is 18.6. The first kappa shape index (κ1) is 25.3. The van der Waals surface area contributed by atoms with Gasteiger partial charge in [-0.3, -0.25) is 9.69 Å². The number of nitrogens with zero attached hydrogens (tertiary/aromatic N) is 3. The van der Waals surface area contributed by atoms with Crippen molar-refractivity contribution in [3.05, 3.63) is 71.8 Å². The first-order valence-corrected chi connectivity index (χ1v) is 12.2. The highest BCUT2D eigenvalue weighted by Crippen LogP contribution is 2.34. The van der Waals surface area contributed by atoms with Crippen molar-refractivity contribution in [1.29, 1.82) is 0 Å². The van der Waals surface area contributed by atoms with Crippen LogP contribution in [0.2, 0.25) is 0 Å². The van der Waals surface area contributed by atoms with E-state index < -0.39 is 0 Å². The Morgan fingerprint density at radius 1 is 0.972 bits per heavy atom. The average molecular weight is 488 g/mol. The second kappa shape index (κ2) is 11.3. The molecular weight excluding hydrogens is 454 g/mol. The van der Waals surface area contributed by atoms with Crippen molar-refractivity contribution in [3.63, 3.8) is 0 Å². The van der Waals surface area contributed by atoms with Gasteiger partial charge in [0.2, 0.25) is 5.91 Å². The number of aryl methyl sites for hydroxylation is 2. The van der Waals surface area contributed by atoms with E-state index >= 15 is 0 Å². The van der Waals surface area contributed by atoms with Crippen LogP contribution in [-0.2, 0) is 22.5 Å². The third kappa shape index (κ3) is 4.93. The van der Waals surface area contributed by atoms with Crippen molar-refractivity contribution in [1.82, 2.24) is 9.55 Å². The number of benzene rings is 3. The molecule has 0 saturated heterocycles. The Hall–Kier alpha value is -3.84. The number of hydrogen-bond acceptors (Lipinski definition) is 5. The zero-order valence-electron chi connectivity index (χ0n) is 21.6. The summed E-state index contributed by atoms with van der Waals surface area (Å²) in [5.74, 6) is 1.85. The molecule has 4 aromatic rings. The third-order valence-electron chi connectivity index (χ3n) is 6.29. The highest BCUT2D eigenvalue weighted by atomic mass is 16.5. The molecule has 0 aliphatic rings. The van der Waals surface area contributed by atoms with Crippen molar-refractivity contribution in [2.45, 2.75) is 33.7 Å². The Morgan fingerprint density at radius 3 is 2.47 bits per heavy atom. The molecule has 0 bridgehead atoms. The molecule has 0 atom stereocenters. The van der Waals surface area contributed by atoms with Crippen molar-refractivity contribution >= 4 is 22.6 Å². The Balaban J connectivity index is 1.80. The number of methoxy groups -OCH3 is 2. The Bertz CT molecular complexity index is 1360. The molecule has 1 heterocycles. The van der Waals surface area contributed by atoms with Crippen molar-refractivity contribution < 1.29 is 19.0 Å². The lowest BCUT2D eigenvalue weighted by molar-refractivity contribution is -0.120. The molecule has 0 N–H and O–H groups in total. The SMILES string of the molecule is CCOCN(C(=O)Cn1c(-c2ccc(OC)c(OC)c2)nc2ccccc21)c1c(C)cccc1CC. The largest absolute Gasteiger partial charge is 0.493 e. The van der Waals surface area contributed by atoms with Gasteiger partial charge in [-0.05, 0) is 61.7 Å². The molecule has 0 aliphatic carbocycles. The maximum atomic E-state index is 13.9. The van der Waals surface area contributed by atoms with E-state index in [1.54, 1.807) is 19.1 Å². The number of amides is 1. The summed E-state index contributed by atoms with van der Waals surface area (Å²) >= 11 is 0. The molecule has 1 aromatic heterocycles. The fourth-order valence-corrected chi connectivity index (χ4v) is 4.49. The van der Waals surface area contributed by atoms with Gasteiger partial charge in [-0.25, -0.2) is 4.98 Å². The predicted octanol–water partition coefficient (Wildman–Crippen LogP) is 5.62. The van der Waals surface area contributed by atoms with E-state index in [2.05, 4.69) is 13.0 Å². The topological polar surface area (TPSA) is 65.8 Å². The van der Waals surface area contributed by atoms with E-state index in [9.17, 15) is 4.79 Å². The molecule has 188 valence electrons. The lowest BCUT2D eigenvalue weighted by Crippen LogP contribution is -2.37. The summed E-state index contributed by atoms with van der Waals surface area (Å²) in [6.45, 7) is 6.87. The second-order valence-corrected chi connectivity index (χ2v) is 8.46. The fourth-order valence-electron chi connectivity index (χ4n) is 4.49. The lowest BCUT2D eigenvalue weighted by Gasteiger charge is -2.27.